The molecule has 0 fully saturated rings. The Bertz CT molecular complexity index is 1110. The number of carbonyl (C=O) groups excluding carboxylic acids is 1. The molecule has 0 spiro atoms. The monoisotopic (exact) mass is 468 g/mol. The molecule has 0 bridgehead atoms. The van der Waals surface area contributed by atoms with Crippen LogP contribution in [0.25, 0.3) is 0 Å². The Morgan fingerprint density at radius 1 is 1.19 bits per heavy atom. The number of aromatic nitrogens is 3. The first-order chi connectivity index (χ1) is 14.8. The van der Waals surface area contributed by atoms with E-state index in [4.69, 9.17) is 16.3 Å². The van der Waals surface area contributed by atoms with Crippen molar-refractivity contribution >= 4 is 35.0 Å². The van der Waals surface area contributed by atoms with E-state index in [2.05, 4.69) is 25.0 Å². The highest BCUT2D eigenvalue weighted by atomic mass is 35.5. The van der Waals surface area contributed by atoms with Crippen LogP contribution in [-0.2, 0) is 18.4 Å². The molecule has 1 aromatic heterocycles. The number of carbonyl (C=O) groups is 1. The Labute approximate surface area is 184 Å². The van der Waals surface area contributed by atoms with E-state index < -0.39 is 6.29 Å². The van der Waals surface area contributed by atoms with Gasteiger partial charge in [0, 0.05) is 23.8 Å². The lowest BCUT2D eigenvalue weighted by atomic mass is 10.3. The summed E-state index contributed by atoms with van der Waals surface area (Å²) in [6, 6.07) is 11.0. The number of amides is 1. The van der Waals surface area contributed by atoms with Gasteiger partial charge in [0.1, 0.15) is 12.4 Å². The molecule has 0 saturated carbocycles. The van der Waals surface area contributed by atoms with Crippen molar-refractivity contribution in [1.29, 1.82) is 0 Å². The van der Waals surface area contributed by atoms with Gasteiger partial charge in [0.25, 0.3) is 0 Å². The van der Waals surface area contributed by atoms with E-state index >= 15 is 0 Å². The topological polar surface area (TPSA) is 87.5 Å². The fourth-order valence-corrected chi connectivity index (χ4v) is 3.49. The summed E-state index contributed by atoms with van der Waals surface area (Å²) in [5.74, 6) is 0.669. The second-order valence-electron chi connectivity index (χ2n) is 6.37. The number of rotatable bonds is 7. The third kappa shape index (κ3) is 5.17. The normalized spacial score (nSPS) is 13.8. The van der Waals surface area contributed by atoms with E-state index in [1.54, 1.807) is 35.9 Å². The molecule has 0 unspecified atom stereocenters. The highest BCUT2D eigenvalue weighted by Gasteiger charge is 2.43. The standard InChI is InChI=1S/C19H15ClF2N4O4S/c1-26-16(9-28-13-5-2-11(20)3-6-13)24-25-18(26)31-10-17(27)23-12-4-7-14-15(8-12)30-19(21,22)29-14/h2-8H,9-10H2,1H3,(H,23,27). The van der Waals surface area contributed by atoms with Crippen LogP contribution in [0.1, 0.15) is 5.82 Å². The van der Waals surface area contributed by atoms with Gasteiger partial charge in [-0.05, 0) is 36.4 Å². The van der Waals surface area contributed by atoms with Crippen LogP contribution in [0.4, 0.5) is 14.5 Å². The first-order valence-electron chi connectivity index (χ1n) is 8.88. The van der Waals surface area contributed by atoms with Crippen LogP contribution in [-0.4, -0.2) is 32.7 Å². The van der Waals surface area contributed by atoms with Crippen LogP contribution in [0.15, 0.2) is 47.6 Å². The maximum atomic E-state index is 13.1. The minimum absolute atomic E-state index is 0.0363. The maximum absolute atomic E-state index is 13.1. The Balaban J connectivity index is 1.29. The molecule has 1 aliphatic rings. The van der Waals surface area contributed by atoms with Gasteiger partial charge in [0.05, 0.1) is 5.75 Å². The van der Waals surface area contributed by atoms with Crippen molar-refractivity contribution in [1.82, 2.24) is 14.8 Å². The molecule has 12 heteroatoms. The summed E-state index contributed by atoms with van der Waals surface area (Å²) in [5, 5.41) is 11.9. The number of nitrogens with zero attached hydrogens (tertiary/aromatic N) is 3. The molecule has 162 valence electrons. The lowest BCUT2D eigenvalue weighted by Crippen LogP contribution is -2.25. The average Bonchev–Trinajstić information content (AvgIpc) is 3.23. The number of halogens is 3. The largest absolute Gasteiger partial charge is 0.586 e. The van der Waals surface area contributed by atoms with E-state index in [9.17, 15) is 13.6 Å². The molecule has 1 N–H and O–H groups in total. The van der Waals surface area contributed by atoms with Crippen LogP contribution < -0.4 is 19.5 Å². The van der Waals surface area contributed by atoms with Gasteiger partial charge in [-0.1, -0.05) is 23.4 Å². The van der Waals surface area contributed by atoms with Gasteiger partial charge in [0.15, 0.2) is 22.5 Å². The predicted molar refractivity (Wildman–Crippen MR) is 109 cm³/mol. The summed E-state index contributed by atoms with van der Waals surface area (Å²) in [5.41, 5.74) is 0.306. The molecule has 1 amide bonds. The van der Waals surface area contributed by atoms with Gasteiger partial charge in [-0.2, -0.15) is 0 Å². The van der Waals surface area contributed by atoms with Gasteiger partial charge in [-0.3, -0.25) is 4.79 Å². The SMILES string of the molecule is Cn1c(COc2ccc(Cl)cc2)nnc1SCC(=O)Nc1ccc2c(c1)OC(F)(F)O2. The molecule has 2 heterocycles. The number of hydrogen-bond donors (Lipinski definition) is 1. The fraction of sp³-hybridized carbons (Fsp3) is 0.211. The first-order valence-corrected chi connectivity index (χ1v) is 10.2. The Morgan fingerprint density at radius 2 is 1.94 bits per heavy atom. The van der Waals surface area contributed by atoms with Crippen LogP contribution in [0.3, 0.4) is 0 Å². The van der Waals surface area contributed by atoms with Crippen LogP contribution in [0.5, 0.6) is 17.2 Å². The summed E-state index contributed by atoms with van der Waals surface area (Å²) in [4.78, 5) is 12.2. The number of fused-ring (bicyclic) bond motifs is 1. The molecule has 1 aliphatic heterocycles. The predicted octanol–water partition coefficient (Wildman–Crippen LogP) is 4.10. The van der Waals surface area contributed by atoms with Crippen molar-refractivity contribution in [2.24, 2.45) is 7.05 Å². The van der Waals surface area contributed by atoms with Gasteiger partial charge >= 0.3 is 6.29 Å². The Hall–Kier alpha value is -3.05. The number of alkyl halides is 2. The summed E-state index contributed by atoms with van der Waals surface area (Å²) in [7, 11) is 1.76. The minimum atomic E-state index is -3.71. The Kier molecular flexibility index (Phi) is 5.88. The van der Waals surface area contributed by atoms with Crippen molar-refractivity contribution in [3.63, 3.8) is 0 Å². The molecular formula is C19H15ClF2N4O4S. The van der Waals surface area contributed by atoms with E-state index in [0.29, 0.717) is 27.4 Å². The van der Waals surface area contributed by atoms with Gasteiger partial charge < -0.3 is 24.1 Å². The summed E-state index contributed by atoms with van der Waals surface area (Å²) in [6.07, 6.45) is -3.71. The lowest BCUT2D eigenvalue weighted by molar-refractivity contribution is -0.286. The smallest absolute Gasteiger partial charge is 0.486 e. The van der Waals surface area contributed by atoms with Crippen molar-refractivity contribution in [3.05, 3.63) is 53.3 Å². The number of thioether (sulfide) groups is 1. The lowest BCUT2D eigenvalue weighted by Gasteiger charge is -2.07. The highest BCUT2D eigenvalue weighted by Crippen LogP contribution is 2.42. The molecule has 0 saturated heterocycles. The van der Waals surface area contributed by atoms with Crippen molar-refractivity contribution in [2.75, 3.05) is 11.1 Å². The second-order valence-corrected chi connectivity index (χ2v) is 7.75. The van der Waals surface area contributed by atoms with Crippen molar-refractivity contribution in [2.45, 2.75) is 18.1 Å². The number of anilines is 1. The number of ether oxygens (including phenoxy) is 3. The van der Waals surface area contributed by atoms with Gasteiger partial charge in [0.2, 0.25) is 5.91 Å². The summed E-state index contributed by atoms with van der Waals surface area (Å²) in [6.45, 7) is 0.194. The minimum Gasteiger partial charge on any atom is -0.486 e. The zero-order chi connectivity index (χ0) is 22.0. The second kappa shape index (κ2) is 8.60. The molecule has 2 aromatic carbocycles. The number of benzene rings is 2. The maximum Gasteiger partial charge on any atom is 0.586 e. The molecule has 0 aliphatic carbocycles. The third-order valence-corrected chi connectivity index (χ3v) is 5.40. The molecule has 31 heavy (non-hydrogen) atoms. The third-order valence-electron chi connectivity index (χ3n) is 4.12. The van der Waals surface area contributed by atoms with Crippen LogP contribution in [0.2, 0.25) is 5.02 Å². The van der Waals surface area contributed by atoms with Crippen LogP contribution in [0, 0.1) is 0 Å². The Morgan fingerprint density at radius 3 is 2.71 bits per heavy atom. The zero-order valence-electron chi connectivity index (χ0n) is 16.0. The summed E-state index contributed by atoms with van der Waals surface area (Å²) >= 11 is 7.02. The quantitative estimate of drug-likeness (QED) is 0.522. The average molecular weight is 469 g/mol. The van der Waals surface area contributed by atoms with E-state index in [1.165, 1.54) is 30.0 Å². The van der Waals surface area contributed by atoms with Gasteiger partial charge in [-0.15, -0.1) is 19.0 Å². The molecule has 4 rings (SSSR count). The van der Waals surface area contributed by atoms with E-state index in [0.717, 1.165) is 0 Å². The fourth-order valence-electron chi connectivity index (χ4n) is 2.63. The molecule has 0 atom stereocenters. The van der Waals surface area contributed by atoms with Crippen LogP contribution >= 0.6 is 23.4 Å². The zero-order valence-corrected chi connectivity index (χ0v) is 17.5. The summed E-state index contributed by atoms with van der Waals surface area (Å²) < 4.78 is 42.2. The molecule has 0 radical (unpaired) electrons. The van der Waals surface area contributed by atoms with Gasteiger partial charge in [-0.25, -0.2) is 0 Å². The molecule has 3 aromatic rings. The highest BCUT2D eigenvalue weighted by molar-refractivity contribution is 7.99. The first kappa shape index (κ1) is 21.2. The van der Waals surface area contributed by atoms with E-state index in [1.807, 2.05) is 0 Å². The van der Waals surface area contributed by atoms with E-state index in [-0.39, 0.29) is 29.8 Å². The molecule has 8 nitrogen and oxygen atoms in total. The van der Waals surface area contributed by atoms with Crippen molar-refractivity contribution < 1.29 is 27.8 Å². The van der Waals surface area contributed by atoms with Crippen molar-refractivity contribution in [3.8, 4) is 17.2 Å². The number of nitrogens with one attached hydrogen (secondary N) is 1. The number of hydrogen-bond acceptors (Lipinski definition) is 7. The molecular weight excluding hydrogens is 454 g/mol.